The molecule has 1 aromatic rings. The summed E-state index contributed by atoms with van der Waals surface area (Å²) in [5.74, 6) is -3.79. The smallest absolute Gasteiger partial charge is 0.223 e. The summed E-state index contributed by atoms with van der Waals surface area (Å²) in [6.07, 6.45) is -5.25. The van der Waals surface area contributed by atoms with Gasteiger partial charge in [0.1, 0.15) is 16.5 Å². The standard InChI is InChI=1S/C12H10F5NO2S/c1-5(2)21(19,20)11-7(4-18)10(14)9(13)6(3)8(11)12(15,16)17/h5H,1-3H3. The average Bonchev–Trinajstić information content (AvgIpc) is 2.33. The second-order valence-corrected chi connectivity index (χ2v) is 6.98. The van der Waals surface area contributed by atoms with Crippen LogP contribution in [0.4, 0.5) is 22.0 Å². The van der Waals surface area contributed by atoms with Crippen molar-refractivity contribution in [2.24, 2.45) is 0 Å². The van der Waals surface area contributed by atoms with E-state index < -0.39 is 54.5 Å². The van der Waals surface area contributed by atoms with E-state index in [1.807, 2.05) is 0 Å². The van der Waals surface area contributed by atoms with Crippen LogP contribution in [0.3, 0.4) is 0 Å². The maximum Gasteiger partial charge on any atom is 0.418 e. The van der Waals surface area contributed by atoms with Crippen molar-refractivity contribution in [1.82, 2.24) is 0 Å². The van der Waals surface area contributed by atoms with Crippen molar-refractivity contribution in [2.75, 3.05) is 0 Å². The maximum absolute atomic E-state index is 13.7. The first-order chi connectivity index (χ1) is 9.37. The van der Waals surface area contributed by atoms with Gasteiger partial charge in [-0.05, 0) is 20.8 Å². The lowest BCUT2D eigenvalue weighted by atomic mass is 10.0. The predicted octanol–water partition coefficient (Wildman–Crippen LogP) is 3.35. The Morgan fingerprint density at radius 2 is 1.62 bits per heavy atom. The summed E-state index contributed by atoms with van der Waals surface area (Å²) in [5, 5.41) is 7.42. The molecule has 1 rings (SSSR count). The van der Waals surface area contributed by atoms with Crippen LogP contribution in [0, 0.1) is 29.9 Å². The molecule has 0 aromatic heterocycles. The normalized spacial score (nSPS) is 12.6. The van der Waals surface area contributed by atoms with E-state index in [9.17, 15) is 30.4 Å². The van der Waals surface area contributed by atoms with Gasteiger partial charge in [-0.25, -0.2) is 17.2 Å². The molecule has 3 nitrogen and oxygen atoms in total. The molecule has 0 amide bonds. The van der Waals surface area contributed by atoms with Crippen LogP contribution in [-0.2, 0) is 16.0 Å². The van der Waals surface area contributed by atoms with Gasteiger partial charge in [0.2, 0.25) is 0 Å². The molecule has 21 heavy (non-hydrogen) atoms. The third-order valence-corrected chi connectivity index (χ3v) is 5.09. The molecule has 0 saturated heterocycles. The summed E-state index contributed by atoms with van der Waals surface area (Å²) < 4.78 is 90.5. The van der Waals surface area contributed by atoms with Gasteiger partial charge in [0.15, 0.2) is 21.5 Å². The zero-order chi connectivity index (χ0) is 16.7. The summed E-state index contributed by atoms with van der Waals surface area (Å²) in [5.41, 5.74) is -4.50. The summed E-state index contributed by atoms with van der Waals surface area (Å²) in [7, 11) is -4.64. The van der Waals surface area contributed by atoms with Crippen molar-refractivity contribution in [1.29, 1.82) is 5.26 Å². The minimum Gasteiger partial charge on any atom is -0.223 e. The number of hydrogen-bond acceptors (Lipinski definition) is 3. The largest absolute Gasteiger partial charge is 0.418 e. The van der Waals surface area contributed by atoms with Crippen LogP contribution in [0.25, 0.3) is 0 Å². The van der Waals surface area contributed by atoms with E-state index in [0.717, 1.165) is 19.9 Å². The van der Waals surface area contributed by atoms with Gasteiger partial charge < -0.3 is 0 Å². The molecule has 0 aliphatic heterocycles. The van der Waals surface area contributed by atoms with E-state index in [1.165, 1.54) is 0 Å². The molecule has 0 radical (unpaired) electrons. The van der Waals surface area contributed by atoms with Crippen LogP contribution >= 0.6 is 0 Å². The third kappa shape index (κ3) is 2.72. The van der Waals surface area contributed by atoms with Crippen LogP contribution in [-0.4, -0.2) is 13.7 Å². The van der Waals surface area contributed by atoms with Crippen LogP contribution in [0.5, 0.6) is 0 Å². The molecule has 9 heteroatoms. The zero-order valence-electron chi connectivity index (χ0n) is 11.1. The van der Waals surface area contributed by atoms with Gasteiger partial charge in [-0.2, -0.15) is 18.4 Å². The molecule has 0 heterocycles. The maximum atomic E-state index is 13.7. The fraction of sp³-hybridized carbons (Fsp3) is 0.417. The van der Waals surface area contributed by atoms with Gasteiger partial charge in [-0.1, -0.05) is 0 Å². The Hall–Kier alpha value is -1.69. The first-order valence-corrected chi connectivity index (χ1v) is 7.14. The van der Waals surface area contributed by atoms with Gasteiger partial charge in [0.25, 0.3) is 0 Å². The highest BCUT2D eigenvalue weighted by atomic mass is 32.2. The molecular weight excluding hydrogens is 317 g/mol. The van der Waals surface area contributed by atoms with Crippen LogP contribution in [0.1, 0.15) is 30.5 Å². The van der Waals surface area contributed by atoms with E-state index in [1.54, 1.807) is 0 Å². The highest BCUT2D eigenvalue weighted by molar-refractivity contribution is 7.92. The Bertz CT molecular complexity index is 730. The highest BCUT2D eigenvalue weighted by Crippen LogP contribution is 2.41. The lowest BCUT2D eigenvalue weighted by Gasteiger charge is -2.19. The molecule has 1 aromatic carbocycles. The van der Waals surface area contributed by atoms with E-state index in [0.29, 0.717) is 6.92 Å². The minimum atomic E-state index is -5.25. The Labute approximate surface area is 117 Å². The van der Waals surface area contributed by atoms with Crippen molar-refractivity contribution in [3.63, 3.8) is 0 Å². The third-order valence-electron chi connectivity index (χ3n) is 2.87. The number of benzene rings is 1. The Morgan fingerprint density at radius 1 is 1.14 bits per heavy atom. The van der Waals surface area contributed by atoms with E-state index >= 15 is 0 Å². The average molecular weight is 327 g/mol. The first kappa shape index (κ1) is 17.4. The molecule has 0 spiro atoms. The molecule has 0 fully saturated rings. The number of nitriles is 1. The first-order valence-electron chi connectivity index (χ1n) is 5.60. The lowest BCUT2D eigenvalue weighted by molar-refractivity contribution is -0.140. The van der Waals surface area contributed by atoms with E-state index in [2.05, 4.69) is 0 Å². The van der Waals surface area contributed by atoms with Crippen molar-refractivity contribution in [3.05, 3.63) is 28.3 Å². The number of halogens is 5. The SMILES string of the molecule is Cc1c(F)c(F)c(C#N)c(S(=O)(=O)C(C)C)c1C(F)(F)F. The molecule has 0 atom stereocenters. The summed E-state index contributed by atoms with van der Waals surface area (Å²) >= 11 is 0. The second-order valence-electron chi connectivity index (χ2n) is 4.54. The molecule has 0 unspecified atom stereocenters. The van der Waals surface area contributed by atoms with E-state index in [4.69, 9.17) is 5.26 Å². The van der Waals surface area contributed by atoms with Gasteiger partial charge in [-0.15, -0.1) is 0 Å². The Balaban J connectivity index is 4.16. The van der Waals surface area contributed by atoms with Gasteiger partial charge in [-0.3, -0.25) is 0 Å². The van der Waals surface area contributed by atoms with Crippen molar-refractivity contribution < 1.29 is 30.4 Å². The molecule has 0 saturated carbocycles. The van der Waals surface area contributed by atoms with Crippen molar-refractivity contribution >= 4 is 9.84 Å². The zero-order valence-corrected chi connectivity index (χ0v) is 12.0. The molecule has 0 N–H and O–H groups in total. The molecule has 0 bridgehead atoms. The number of hydrogen-bond donors (Lipinski definition) is 0. The molecule has 116 valence electrons. The highest BCUT2D eigenvalue weighted by Gasteiger charge is 2.44. The fourth-order valence-electron chi connectivity index (χ4n) is 1.74. The quantitative estimate of drug-likeness (QED) is 0.618. The number of alkyl halides is 3. The minimum absolute atomic E-state index is 0.613. The van der Waals surface area contributed by atoms with Crippen LogP contribution in [0.2, 0.25) is 0 Å². The predicted molar refractivity (Wildman–Crippen MR) is 63.1 cm³/mol. The van der Waals surface area contributed by atoms with Gasteiger partial charge >= 0.3 is 6.18 Å². The number of rotatable bonds is 2. The second kappa shape index (κ2) is 5.26. The lowest BCUT2D eigenvalue weighted by Crippen LogP contribution is -2.24. The summed E-state index contributed by atoms with van der Waals surface area (Å²) in [4.78, 5) is -1.51. The van der Waals surface area contributed by atoms with E-state index in [-0.39, 0.29) is 0 Å². The van der Waals surface area contributed by atoms with Gasteiger partial charge in [0, 0.05) is 5.56 Å². The van der Waals surface area contributed by atoms with Crippen LogP contribution in [0.15, 0.2) is 4.90 Å². The summed E-state index contributed by atoms with van der Waals surface area (Å²) in [6, 6.07) is 1.01. The molecular formula is C12H10F5NO2S. The van der Waals surface area contributed by atoms with Gasteiger partial charge in [0.05, 0.1) is 10.8 Å². The van der Waals surface area contributed by atoms with Crippen molar-refractivity contribution in [3.8, 4) is 6.07 Å². The summed E-state index contributed by atoms with van der Waals surface area (Å²) in [6.45, 7) is 2.77. The molecule has 0 aliphatic rings. The van der Waals surface area contributed by atoms with Crippen LogP contribution < -0.4 is 0 Å². The Kier molecular flexibility index (Phi) is 4.34. The monoisotopic (exact) mass is 327 g/mol. The fourth-order valence-corrected chi connectivity index (χ4v) is 3.19. The Morgan fingerprint density at radius 3 is 1.95 bits per heavy atom. The topological polar surface area (TPSA) is 57.9 Å². The van der Waals surface area contributed by atoms with Crippen molar-refractivity contribution in [2.45, 2.75) is 37.1 Å². The number of sulfone groups is 1. The number of nitrogens with zero attached hydrogens (tertiary/aromatic N) is 1. The molecule has 0 aliphatic carbocycles.